The molecule has 4 aromatic carbocycles. The van der Waals surface area contributed by atoms with Gasteiger partial charge in [-0.25, -0.2) is 33.7 Å². The molecule has 2 heterocycles. The molecule has 0 fully saturated rings. The summed E-state index contributed by atoms with van der Waals surface area (Å²) in [6, 6.07) is 11.6. The van der Waals surface area contributed by atoms with E-state index < -0.39 is 72.6 Å². The molecule has 0 aromatic heterocycles. The van der Waals surface area contributed by atoms with E-state index in [9.17, 15) is 62.4 Å². The number of unbranched alkanes of at least 4 members (excludes halogenated alkanes) is 2. The molecular weight excluding hydrogens is 1200 g/mol. The van der Waals surface area contributed by atoms with Crippen molar-refractivity contribution in [3.8, 4) is 0 Å². The van der Waals surface area contributed by atoms with Crippen LogP contribution in [-0.2, 0) is 70.0 Å². The fourth-order valence-electron chi connectivity index (χ4n) is 9.79. The minimum Gasteiger partial charge on any atom is -0.748 e. The molecule has 3 aliphatic rings. The van der Waals surface area contributed by atoms with E-state index in [1.54, 1.807) is 24.3 Å². The number of rotatable bonds is 21. The number of anilines is 1. The van der Waals surface area contributed by atoms with E-state index in [4.69, 9.17) is 11.6 Å². The quantitative estimate of drug-likeness (QED) is 0.0142. The smallest absolute Gasteiger partial charge is 0.748 e. The SMILES string of the molecule is CC1(C)C(C=CC2=C(Cl)C(=C/C=C3/N(CCCCS(=O)(=O)[O-])c4ccc5cc(S(=O)(=O)[O-])cc(SOO[O-])c5c4C3(C)C)CC2)=[N+](CCCCS(=O)(=O)[O-])c2ccc3cc(SOO[O-])cc(S(=O)(=O)[O-])c3c21.[Na+].[Na+].[Na+].[Na+].[Na+]. The Hall–Kier alpha value is 1.22. The molecule has 4 aromatic rings. The Morgan fingerprint density at radius 3 is 1.87 bits per heavy atom. The summed E-state index contributed by atoms with van der Waals surface area (Å²) in [6.07, 6.45) is 8.86. The molecule has 0 N–H and O–H groups in total. The fraction of sp³-hybridized carbons (Fsp3) is 0.356. The van der Waals surface area contributed by atoms with Crippen molar-refractivity contribution in [3.63, 3.8) is 0 Å². The van der Waals surface area contributed by atoms with Gasteiger partial charge in [-0.15, -0.1) is 0 Å². The zero-order chi connectivity index (χ0) is 52.8. The third kappa shape index (κ3) is 17.5. The molecule has 0 saturated carbocycles. The molecule has 0 amide bonds. The first kappa shape index (κ1) is 74.3. The Bertz CT molecular complexity index is 3510. The van der Waals surface area contributed by atoms with Crippen LogP contribution in [0, 0.1) is 0 Å². The van der Waals surface area contributed by atoms with Crippen LogP contribution >= 0.6 is 35.7 Å². The Morgan fingerprint density at radius 1 is 0.675 bits per heavy atom. The third-order valence-electron chi connectivity index (χ3n) is 12.8. The van der Waals surface area contributed by atoms with E-state index in [1.165, 1.54) is 12.1 Å². The molecular formula is C45H44ClN2Na5O18S6. The number of halogens is 1. The van der Waals surface area contributed by atoms with E-state index >= 15 is 0 Å². The van der Waals surface area contributed by atoms with Crippen LogP contribution in [0.15, 0.2) is 114 Å². The Kier molecular flexibility index (Phi) is 29.0. The zero-order valence-electron chi connectivity index (χ0n) is 43.6. The van der Waals surface area contributed by atoms with Crippen molar-refractivity contribution in [2.24, 2.45) is 0 Å². The first-order valence-electron chi connectivity index (χ1n) is 21.8. The second-order valence-corrected chi connectivity index (χ2v) is 25.8. The first-order chi connectivity index (χ1) is 33.6. The van der Waals surface area contributed by atoms with Crippen molar-refractivity contribution in [3.05, 3.63) is 106 Å². The van der Waals surface area contributed by atoms with Gasteiger partial charge >= 0.3 is 148 Å². The number of fused-ring (bicyclic) bond motifs is 6. The number of allylic oxidation sites excluding steroid dienone is 8. The van der Waals surface area contributed by atoms with Crippen molar-refractivity contribution in [1.29, 1.82) is 0 Å². The summed E-state index contributed by atoms with van der Waals surface area (Å²) in [5.74, 6) is -1.19. The molecule has 7 rings (SSSR count). The van der Waals surface area contributed by atoms with Crippen LogP contribution in [-0.4, -0.2) is 86.8 Å². The van der Waals surface area contributed by atoms with Crippen LogP contribution in [0.4, 0.5) is 11.4 Å². The maximum Gasteiger partial charge on any atom is 1.00 e. The van der Waals surface area contributed by atoms with Gasteiger partial charge in [0, 0.05) is 84.6 Å². The zero-order valence-corrected chi connectivity index (χ0v) is 59.2. The Balaban J connectivity index is 0.00000406. The summed E-state index contributed by atoms with van der Waals surface area (Å²) >= 11 is 7.98. The maximum atomic E-state index is 12.9. The molecule has 0 atom stereocenters. The fourth-order valence-corrected chi connectivity index (χ4v) is 13.7. The first-order valence-corrected chi connectivity index (χ1v) is 29.6. The summed E-state index contributed by atoms with van der Waals surface area (Å²) in [4.78, 5) is 0.985. The van der Waals surface area contributed by atoms with Gasteiger partial charge < -0.3 is 33.6 Å². The molecule has 77 heavy (non-hydrogen) atoms. The van der Waals surface area contributed by atoms with E-state index in [1.807, 2.05) is 61.5 Å². The predicted octanol–water partition coefficient (Wildman–Crippen LogP) is -9.24. The molecule has 1 aliphatic carbocycles. The van der Waals surface area contributed by atoms with Gasteiger partial charge in [-0.2, -0.15) is 13.2 Å². The van der Waals surface area contributed by atoms with Crippen LogP contribution < -0.4 is 163 Å². The summed E-state index contributed by atoms with van der Waals surface area (Å²) < 4.78 is 155. The minimum atomic E-state index is -5.14. The molecule has 32 heteroatoms. The second-order valence-electron chi connectivity index (χ2n) is 18.1. The van der Waals surface area contributed by atoms with Crippen LogP contribution in [0.3, 0.4) is 0 Å². The van der Waals surface area contributed by atoms with E-state index in [0.29, 0.717) is 92.0 Å². The Labute approximate surface area is 571 Å². The standard InChI is InChI=1S/C45H49ClN2O18S6.5Na/c1-44(2)37(47(19-5-7-21-69(51,52)53)33-16-12-30-24-32(71(57,58)59)26-35(68-66-64-50)39(30)41(33)44)17-13-27-9-10-28(43(27)46)14-18-38-45(3,4)42-34(48(38)20-6-8-22-70(54,55)56)15-11-29-23-31(67-65-63-49)25-36(40(29)42)72(60,61)62;;;;;/h11-18,23-26H,5-10,19-22H2,1-4H3,(H5-,49,50,51,52,53,54,55,56,57,58,59,60,61,62);;;;;/q;5*+1/p-5. The average molecular weight is 1240 g/mol. The van der Waals surface area contributed by atoms with E-state index in [2.05, 4.69) is 18.7 Å². The normalized spacial score (nSPS) is 17.1. The van der Waals surface area contributed by atoms with Gasteiger partial charge in [0.1, 0.15) is 26.8 Å². The van der Waals surface area contributed by atoms with Gasteiger partial charge in [-0.1, -0.05) is 43.7 Å². The summed E-state index contributed by atoms with van der Waals surface area (Å²) in [5.41, 5.74) is 3.13. The van der Waals surface area contributed by atoms with Gasteiger partial charge in [0.05, 0.1) is 59.5 Å². The number of benzene rings is 4. The average Bonchev–Trinajstić information content (AvgIpc) is 3.82. The second kappa shape index (κ2) is 30.0. The maximum absolute atomic E-state index is 12.9. The van der Waals surface area contributed by atoms with Crippen molar-refractivity contribution in [1.82, 2.24) is 0 Å². The third-order valence-corrected chi connectivity index (χ3v) is 17.7. The van der Waals surface area contributed by atoms with Crippen LogP contribution in [0.5, 0.6) is 0 Å². The Morgan fingerprint density at radius 2 is 1.27 bits per heavy atom. The number of hydrogen-bond acceptors (Lipinski definition) is 21. The van der Waals surface area contributed by atoms with Gasteiger partial charge in [0.15, 0.2) is 5.71 Å². The van der Waals surface area contributed by atoms with Crippen molar-refractivity contribution >= 4 is 115 Å². The monoisotopic (exact) mass is 1240 g/mol. The molecule has 0 spiro atoms. The molecule has 0 unspecified atom stereocenters. The van der Waals surface area contributed by atoms with Gasteiger partial charge in [0.2, 0.25) is 5.69 Å². The molecule has 0 saturated heterocycles. The molecule has 390 valence electrons. The number of hydrogen-bond donors (Lipinski definition) is 0. The topological polar surface area (TPSA) is 318 Å². The minimum absolute atomic E-state index is 0. The van der Waals surface area contributed by atoms with Gasteiger partial charge in [-0.05, 0) is 116 Å². The summed E-state index contributed by atoms with van der Waals surface area (Å²) in [5, 5.41) is 30.2. The molecule has 2 aliphatic heterocycles. The van der Waals surface area contributed by atoms with E-state index in [0.717, 1.165) is 23.3 Å². The van der Waals surface area contributed by atoms with Crippen molar-refractivity contribution < 1.29 is 234 Å². The van der Waals surface area contributed by atoms with E-state index in [-0.39, 0.29) is 202 Å². The summed E-state index contributed by atoms with van der Waals surface area (Å²) in [7, 11) is -19.1. The predicted molar refractivity (Wildman–Crippen MR) is 258 cm³/mol. The van der Waals surface area contributed by atoms with Crippen molar-refractivity contribution in [2.45, 2.75) is 96.6 Å². The number of nitrogens with zero attached hydrogens (tertiary/aromatic N) is 2. The largest absolute Gasteiger partial charge is 1.00 e. The van der Waals surface area contributed by atoms with Crippen LogP contribution in [0.25, 0.3) is 21.5 Å². The molecule has 0 radical (unpaired) electrons. The van der Waals surface area contributed by atoms with Crippen molar-refractivity contribution in [2.75, 3.05) is 29.5 Å². The molecule has 0 bridgehead atoms. The van der Waals surface area contributed by atoms with Crippen LogP contribution in [0.2, 0.25) is 0 Å². The van der Waals surface area contributed by atoms with Crippen LogP contribution in [0.1, 0.15) is 77.3 Å². The molecule has 20 nitrogen and oxygen atoms in total. The van der Waals surface area contributed by atoms with Gasteiger partial charge in [-0.3, -0.25) is 10.1 Å². The summed E-state index contributed by atoms with van der Waals surface area (Å²) in [6.45, 7) is 7.89. The van der Waals surface area contributed by atoms with Gasteiger partial charge in [0.25, 0.3) is 0 Å².